The smallest absolute Gasteiger partial charge is 0.407 e. The van der Waals surface area contributed by atoms with Gasteiger partial charge in [-0.25, -0.2) is 4.79 Å². The predicted molar refractivity (Wildman–Crippen MR) is 164 cm³/mol. The average Bonchev–Trinajstić information content (AvgIpc) is 3.04. The van der Waals surface area contributed by atoms with E-state index in [0.717, 1.165) is 53.0 Å². The lowest BCUT2D eigenvalue weighted by Gasteiger charge is -2.43. The van der Waals surface area contributed by atoms with Gasteiger partial charge in [-0.3, -0.25) is 0 Å². The van der Waals surface area contributed by atoms with E-state index in [1.807, 2.05) is 24.3 Å². The van der Waals surface area contributed by atoms with Gasteiger partial charge >= 0.3 is 6.09 Å². The Bertz CT molecular complexity index is 1300. The number of likely N-dealkylation sites (tertiary alicyclic amines) is 1. The summed E-state index contributed by atoms with van der Waals surface area (Å²) in [6.45, 7) is 9.50. The summed E-state index contributed by atoms with van der Waals surface area (Å²) in [4.78, 5) is 14.3. The monoisotopic (exact) mass is 570 g/mol. The molecule has 2 heterocycles. The van der Waals surface area contributed by atoms with Gasteiger partial charge < -0.3 is 29.5 Å². The van der Waals surface area contributed by atoms with Gasteiger partial charge in [0.15, 0.2) is 6.29 Å². The maximum absolute atomic E-state index is 11.8. The van der Waals surface area contributed by atoms with Gasteiger partial charge in [0.1, 0.15) is 6.61 Å². The minimum atomic E-state index is -0.482. The van der Waals surface area contributed by atoms with Crippen LogP contribution in [0.25, 0.3) is 11.1 Å². The van der Waals surface area contributed by atoms with E-state index in [1.165, 1.54) is 25.3 Å². The molecule has 2 aliphatic heterocycles. The summed E-state index contributed by atoms with van der Waals surface area (Å²) < 4.78 is 18.3. The number of nitrogens with one attached hydrogen (secondary N) is 1. The average molecular weight is 571 g/mol. The summed E-state index contributed by atoms with van der Waals surface area (Å²) in [5.74, 6) is 0.174. The predicted octanol–water partition coefficient (Wildman–Crippen LogP) is 6.54. The molecule has 0 aromatic heterocycles. The van der Waals surface area contributed by atoms with E-state index < -0.39 is 12.4 Å². The molecule has 0 saturated carbocycles. The van der Waals surface area contributed by atoms with E-state index in [2.05, 4.69) is 72.3 Å². The normalized spacial score (nSPS) is 22.8. The summed E-state index contributed by atoms with van der Waals surface area (Å²) in [6, 6.07) is 24.5. The van der Waals surface area contributed by atoms with E-state index in [0.29, 0.717) is 6.54 Å². The molecule has 2 fully saturated rings. The summed E-state index contributed by atoms with van der Waals surface area (Å²) in [6.07, 6.45) is 4.29. The first kappa shape index (κ1) is 30.0. The molecule has 2 aliphatic rings. The van der Waals surface area contributed by atoms with E-state index in [9.17, 15) is 9.90 Å². The number of benzene rings is 3. The van der Waals surface area contributed by atoms with Crippen molar-refractivity contribution in [1.29, 1.82) is 0 Å². The van der Waals surface area contributed by atoms with Crippen molar-refractivity contribution >= 4 is 6.09 Å². The fourth-order valence-electron chi connectivity index (χ4n) is 5.78. The highest BCUT2D eigenvalue weighted by atomic mass is 16.7. The number of rotatable bonds is 10. The molecular formula is C35H42N2O5. The van der Waals surface area contributed by atoms with Gasteiger partial charge in [0.05, 0.1) is 18.8 Å². The summed E-state index contributed by atoms with van der Waals surface area (Å²) in [7, 11) is 0. The van der Waals surface area contributed by atoms with Crippen LogP contribution in [0.2, 0.25) is 0 Å². The second kappa shape index (κ2) is 14.6. The molecule has 0 bridgehead atoms. The number of alkyl carbamates (subject to hydrolysis) is 1. The third kappa shape index (κ3) is 7.66. The Kier molecular flexibility index (Phi) is 10.4. The molecule has 7 nitrogen and oxygen atoms in total. The van der Waals surface area contributed by atoms with E-state index in [-0.39, 0.29) is 31.3 Å². The Hall–Kier alpha value is -3.49. The van der Waals surface area contributed by atoms with Crippen LogP contribution in [-0.2, 0) is 27.4 Å². The number of aliphatic hydroxyl groups is 1. The molecule has 3 aromatic rings. The van der Waals surface area contributed by atoms with Gasteiger partial charge in [0.2, 0.25) is 0 Å². The molecule has 0 unspecified atom stereocenters. The molecule has 3 aromatic carbocycles. The van der Waals surface area contributed by atoms with Crippen molar-refractivity contribution in [3.05, 3.63) is 108 Å². The number of hydrogen-bond acceptors (Lipinski definition) is 6. The number of carbonyl (C=O) groups is 1. The highest BCUT2D eigenvalue weighted by Crippen LogP contribution is 2.42. The van der Waals surface area contributed by atoms with Crippen LogP contribution in [0.4, 0.5) is 4.79 Å². The third-order valence-corrected chi connectivity index (χ3v) is 8.22. The van der Waals surface area contributed by atoms with Gasteiger partial charge in [0.25, 0.3) is 0 Å². The van der Waals surface area contributed by atoms with Crippen molar-refractivity contribution in [3.63, 3.8) is 0 Å². The van der Waals surface area contributed by atoms with Crippen LogP contribution in [-0.4, -0.2) is 48.4 Å². The quantitative estimate of drug-likeness (QED) is 0.270. The Morgan fingerprint density at radius 3 is 2.43 bits per heavy atom. The molecule has 4 atom stereocenters. The SMILES string of the molecule is C=CCOC(=O)NCc1cccc(-c2ccc([C@H]3O[C@@H](CN4CCCCC4)[C@@H](C)[C@@H](c4ccc(CO)cc4)O3)cc2)c1. The molecular weight excluding hydrogens is 528 g/mol. The largest absolute Gasteiger partial charge is 0.445 e. The van der Waals surface area contributed by atoms with Crippen molar-refractivity contribution in [2.75, 3.05) is 26.2 Å². The number of carbonyl (C=O) groups excluding carboxylic acids is 1. The lowest BCUT2D eigenvalue weighted by atomic mass is 9.89. The molecule has 1 amide bonds. The van der Waals surface area contributed by atoms with Gasteiger partial charge in [-0.1, -0.05) is 92.7 Å². The number of aliphatic hydroxyl groups excluding tert-OH is 1. The Morgan fingerprint density at radius 1 is 0.976 bits per heavy atom. The highest BCUT2D eigenvalue weighted by Gasteiger charge is 2.39. The van der Waals surface area contributed by atoms with Crippen LogP contribution < -0.4 is 5.32 Å². The lowest BCUT2D eigenvalue weighted by Crippen LogP contribution is -2.45. The maximum Gasteiger partial charge on any atom is 0.407 e. The van der Waals surface area contributed by atoms with Crippen molar-refractivity contribution in [1.82, 2.24) is 10.2 Å². The number of ether oxygens (including phenoxy) is 3. The molecule has 0 radical (unpaired) electrons. The van der Waals surface area contributed by atoms with Crippen LogP contribution >= 0.6 is 0 Å². The fourth-order valence-corrected chi connectivity index (χ4v) is 5.78. The molecule has 2 N–H and O–H groups in total. The zero-order chi connectivity index (χ0) is 29.3. The van der Waals surface area contributed by atoms with Crippen LogP contribution in [0.1, 0.15) is 60.8 Å². The van der Waals surface area contributed by atoms with Crippen LogP contribution in [0.5, 0.6) is 0 Å². The molecule has 42 heavy (non-hydrogen) atoms. The Labute approximate surface area is 249 Å². The maximum atomic E-state index is 11.8. The van der Waals surface area contributed by atoms with Crippen molar-refractivity contribution in [2.24, 2.45) is 5.92 Å². The molecule has 2 saturated heterocycles. The first-order chi connectivity index (χ1) is 20.5. The minimum absolute atomic E-state index is 0.0265. The summed E-state index contributed by atoms with van der Waals surface area (Å²) >= 11 is 0. The minimum Gasteiger partial charge on any atom is -0.445 e. The first-order valence-electron chi connectivity index (χ1n) is 15.0. The van der Waals surface area contributed by atoms with Crippen LogP contribution in [0, 0.1) is 5.92 Å². The second-order valence-electron chi connectivity index (χ2n) is 11.2. The first-order valence-corrected chi connectivity index (χ1v) is 15.0. The highest BCUT2D eigenvalue weighted by molar-refractivity contribution is 5.68. The number of hydrogen-bond donors (Lipinski definition) is 2. The molecule has 222 valence electrons. The van der Waals surface area contributed by atoms with Crippen molar-refractivity contribution < 1.29 is 24.1 Å². The van der Waals surface area contributed by atoms with Crippen LogP contribution in [0.3, 0.4) is 0 Å². The molecule has 0 aliphatic carbocycles. The topological polar surface area (TPSA) is 80.3 Å². The van der Waals surface area contributed by atoms with Gasteiger partial charge in [-0.05, 0) is 59.8 Å². The van der Waals surface area contributed by atoms with Gasteiger partial charge in [0, 0.05) is 24.6 Å². The number of piperidine rings is 1. The number of amides is 1. The molecule has 7 heteroatoms. The van der Waals surface area contributed by atoms with Crippen molar-refractivity contribution in [3.8, 4) is 11.1 Å². The number of nitrogens with zero attached hydrogens (tertiary/aromatic N) is 1. The zero-order valence-electron chi connectivity index (χ0n) is 24.4. The standard InChI is InChI=1S/C35H42N2O5/c1-3-20-40-35(39)36-22-27-8-7-9-31(21-27)28-14-16-30(17-15-28)34-41-32(23-37-18-5-4-6-19-37)25(2)33(42-34)29-12-10-26(24-38)11-13-29/h3,7-17,21,25,32-34,38H,1,4-6,18-20,22-24H2,2H3,(H,36,39)/t25-,32+,33+,34+/m1/s1. The third-order valence-electron chi connectivity index (χ3n) is 8.22. The fraction of sp³-hybridized carbons (Fsp3) is 0.400. The Balaban J connectivity index is 1.32. The molecule has 0 spiro atoms. The molecule has 5 rings (SSSR count). The van der Waals surface area contributed by atoms with Gasteiger partial charge in [-0.15, -0.1) is 0 Å². The summed E-state index contributed by atoms with van der Waals surface area (Å²) in [5.41, 5.74) is 6.09. The zero-order valence-corrected chi connectivity index (χ0v) is 24.4. The van der Waals surface area contributed by atoms with Crippen LogP contribution in [0.15, 0.2) is 85.5 Å². The Morgan fingerprint density at radius 2 is 1.71 bits per heavy atom. The lowest BCUT2D eigenvalue weighted by molar-refractivity contribution is -0.276. The van der Waals surface area contributed by atoms with Crippen molar-refractivity contribution in [2.45, 2.75) is 57.8 Å². The van der Waals surface area contributed by atoms with E-state index in [1.54, 1.807) is 0 Å². The van der Waals surface area contributed by atoms with Gasteiger partial charge in [-0.2, -0.15) is 0 Å². The van der Waals surface area contributed by atoms with E-state index in [4.69, 9.17) is 14.2 Å². The summed E-state index contributed by atoms with van der Waals surface area (Å²) in [5, 5.41) is 12.3. The second-order valence-corrected chi connectivity index (χ2v) is 11.2. The van der Waals surface area contributed by atoms with E-state index >= 15 is 0 Å².